The molecule has 310 valence electrons. The molecule has 3 rings (SSSR count). The fourth-order valence-electron chi connectivity index (χ4n) is 6.08. The number of hydrogen-bond donors (Lipinski definition) is 0. The zero-order valence-corrected chi connectivity index (χ0v) is 37.6. The molecule has 11 atom stereocenters. The standard InChI is InChI=1S/C41H66O12Si2/c1-17-31(52-54(13,14)40(7,8)9)36(27(4)47-39(44)30-21-19-18-20-22-30)50-35-24-33(53-55(15,16)41(10,11)12)38(26(3)46-35)51-34-23-32(48-28(5)42)37(25(2)45-34)49-29(6)43/h1,18-22,25-27,31-38H,23-24H2,2-16H3/t25-,26-,27-,31+,32+,33+,34+,35+,36-,37-,38-/m1/s1. The molecule has 0 unspecified atom stereocenters. The maximum absolute atomic E-state index is 13.3. The number of carbonyl (C=O) groups excluding carboxylic acids is 3. The van der Waals surface area contributed by atoms with E-state index in [1.54, 1.807) is 38.1 Å². The van der Waals surface area contributed by atoms with Crippen LogP contribution in [-0.4, -0.2) is 102 Å². The first-order valence-corrected chi connectivity index (χ1v) is 25.1. The van der Waals surface area contributed by atoms with E-state index in [0.717, 1.165) is 0 Å². The number of benzene rings is 1. The molecule has 2 aliphatic heterocycles. The van der Waals surface area contributed by atoms with E-state index in [2.05, 4.69) is 73.7 Å². The third-order valence-corrected chi connectivity index (χ3v) is 20.1. The summed E-state index contributed by atoms with van der Waals surface area (Å²) in [7, 11) is -4.85. The van der Waals surface area contributed by atoms with Crippen LogP contribution in [0, 0.1) is 12.3 Å². The molecule has 2 fully saturated rings. The highest BCUT2D eigenvalue weighted by Crippen LogP contribution is 2.42. The van der Waals surface area contributed by atoms with E-state index >= 15 is 0 Å². The number of esters is 3. The van der Waals surface area contributed by atoms with Crippen molar-refractivity contribution in [2.75, 3.05) is 0 Å². The lowest BCUT2D eigenvalue weighted by molar-refractivity contribution is -0.319. The lowest BCUT2D eigenvalue weighted by Gasteiger charge is -2.48. The van der Waals surface area contributed by atoms with Gasteiger partial charge in [0, 0.05) is 26.7 Å². The first-order valence-electron chi connectivity index (χ1n) is 19.3. The summed E-state index contributed by atoms with van der Waals surface area (Å²) in [5.41, 5.74) is 0.399. The summed E-state index contributed by atoms with van der Waals surface area (Å²) < 4.78 is 57.1. The Morgan fingerprint density at radius 3 is 1.85 bits per heavy atom. The molecule has 0 saturated carbocycles. The second-order valence-electron chi connectivity index (χ2n) is 17.8. The SMILES string of the molecule is C#C[C@H](O[Si](C)(C)C(C)(C)C)[C@H](O[C@H]1C[C@H](O[Si](C)(C)C(C)(C)C)[C@H](O[C@H]2C[C@H](OC(C)=O)[C@H](OC(C)=O)[C@@H](C)O2)[C@@H](C)O1)[C@@H](C)OC(=O)c1ccccc1. The van der Waals surface area contributed by atoms with Crippen LogP contribution in [0.2, 0.25) is 36.3 Å². The number of ether oxygens (including phenoxy) is 7. The van der Waals surface area contributed by atoms with E-state index in [4.69, 9.17) is 48.4 Å². The van der Waals surface area contributed by atoms with E-state index < -0.39 is 102 Å². The normalized spacial score (nSPS) is 28.3. The van der Waals surface area contributed by atoms with Crippen molar-refractivity contribution in [3.05, 3.63) is 35.9 Å². The Morgan fingerprint density at radius 1 is 0.800 bits per heavy atom. The molecule has 55 heavy (non-hydrogen) atoms. The van der Waals surface area contributed by atoms with Gasteiger partial charge in [0.1, 0.15) is 30.5 Å². The molecule has 0 bridgehead atoms. The van der Waals surface area contributed by atoms with Crippen LogP contribution in [0.15, 0.2) is 30.3 Å². The van der Waals surface area contributed by atoms with Crippen LogP contribution in [0.25, 0.3) is 0 Å². The van der Waals surface area contributed by atoms with Crippen LogP contribution in [-0.2, 0) is 51.6 Å². The van der Waals surface area contributed by atoms with Gasteiger partial charge >= 0.3 is 17.9 Å². The average molecular weight is 807 g/mol. The highest BCUT2D eigenvalue weighted by Gasteiger charge is 2.50. The molecule has 14 heteroatoms. The molecule has 2 saturated heterocycles. The summed E-state index contributed by atoms with van der Waals surface area (Å²) in [6.07, 6.45) is -1.68. The van der Waals surface area contributed by atoms with Crippen molar-refractivity contribution in [2.24, 2.45) is 0 Å². The highest BCUT2D eigenvalue weighted by atomic mass is 28.4. The number of terminal acetylenes is 1. The number of rotatable bonds is 14. The van der Waals surface area contributed by atoms with Gasteiger partial charge in [0.05, 0.1) is 23.9 Å². The van der Waals surface area contributed by atoms with Crippen molar-refractivity contribution in [1.29, 1.82) is 0 Å². The van der Waals surface area contributed by atoms with E-state index in [0.29, 0.717) is 5.56 Å². The third-order valence-electron chi connectivity index (χ3n) is 11.2. The van der Waals surface area contributed by atoms with Gasteiger partial charge in [0.2, 0.25) is 0 Å². The van der Waals surface area contributed by atoms with Gasteiger partial charge in [-0.3, -0.25) is 9.59 Å². The molecule has 12 nitrogen and oxygen atoms in total. The van der Waals surface area contributed by atoms with Gasteiger partial charge < -0.3 is 42.0 Å². The fourth-order valence-corrected chi connectivity index (χ4v) is 8.61. The monoisotopic (exact) mass is 806 g/mol. The van der Waals surface area contributed by atoms with Crippen molar-refractivity contribution in [2.45, 2.75) is 193 Å². The Hall–Kier alpha value is -2.62. The lowest BCUT2D eigenvalue weighted by Crippen LogP contribution is -2.59. The Labute approximate surface area is 331 Å². The highest BCUT2D eigenvalue weighted by molar-refractivity contribution is 6.74. The zero-order chi connectivity index (χ0) is 41.7. The molecule has 2 aliphatic rings. The Morgan fingerprint density at radius 2 is 1.33 bits per heavy atom. The number of carbonyl (C=O) groups is 3. The topological polar surface area (TPSA) is 134 Å². The smallest absolute Gasteiger partial charge is 0.338 e. The molecule has 1 aromatic carbocycles. The summed E-state index contributed by atoms with van der Waals surface area (Å²) in [6.45, 7) is 29.3. The zero-order valence-electron chi connectivity index (χ0n) is 35.6. The van der Waals surface area contributed by atoms with Crippen molar-refractivity contribution >= 4 is 34.5 Å². The van der Waals surface area contributed by atoms with Gasteiger partial charge in [-0.1, -0.05) is 65.7 Å². The van der Waals surface area contributed by atoms with E-state index in [1.807, 2.05) is 13.0 Å². The van der Waals surface area contributed by atoms with Crippen molar-refractivity contribution in [3.63, 3.8) is 0 Å². The van der Waals surface area contributed by atoms with Crippen LogP contribution in [0.1, 0.15) is 99.4 Å². The van der Waals surface area contributed by atoms with Crippen molar-refractivity contribution in [1.82, 2.24) is 0 Å². The maximum atomic E-state index is 13.3. The van der Waals surface area contributed by atoms with Gasteiger partial charge in [-0.2, -0.15) is 0 Å². The molecule has 0 aromatic heterocycles. The van der Waals surface area contributed by atoms with Crippen LogP contribution in [0.3, 0.4) is 0 Å². The van der Waals surface area contributed by atoms with E-state index in [-0.39, 0.29) is 22.9 Å². The molecule has 0 amide bonds. The molecular weight excluding hydrogens is 741 g/mol. The minimum Gasteiger partial charge on any atom is -0.458 e. The Bertz CT molecular complexity index is 1480. The van der Waals surface area contributed by atoms with Crippen molar-refractivity contribution in [3.8, 4) is 12.3 Å². The van der Waals surface area contributed by atoms with Gasteiger partial charge in [0.15, 0.2) is 35.3 Å². The molecule has 2 heterocycles. The molecule has 1 aromatic rings. The maximum Gasteiger partial charge on any atom is 0.338 e. The summed E-state index contributed by atoms with van der Waals surface area (Å²) >= 11 is 0. The quantitative estimate of drug-likeness (QED) is 0.0796. The second kappa shape index (κ2) is 18.8. The van der Waals surface area contributed by atoms with Gasteiger partial charge in [-0.05, 0) is 69.2 Å². The molecular formula is C41H66O12Si2. The first-order chi connectivity index (χ1) is 25.3. The number of hydrogen-bond acceptors (Lipinski definition) is 12. The molecule has 0 spiro atoms. The summed E-state index contributed by atoms with van der Waals surface area (Å²) in [5, 5.41) is -0.304. The average Bonchev–Trinajstić information content (AvgIpc) is 3.04. The first kappa shape index (κ1) is 46.8. The Balaban J connectivity index is 1.96. The summed E-state index contributed by atoms with van der Waals surface area (Å²) in [4.78, 5) is 37.2. The van der Waals surface area contributed by atoms with E-state index in [9.17, 15) is 14.4 Å². The van der Waals surface area contributed by atoms with Crippen LogP contribution in [0.5, 0.6) is 0 Å². The second-order valence-corrected chi connectivity index (χ2v) is 27.3. The van der Waals surface area contributed by atoms with Crippen molar-refractivity contribution < 1.29 is 56.4 Å². The van der Waals surface area contributed by atoms with Gasteiger partial charge in [-0.15, -0.1) is 6.42 Å². The molecule has 0 aliphatic carbocycles. The van der Waals surface area contributed by atoms with Crippen LogP contribution < -0.4 is 0 Å². The predicted molar refractivity (Wildman–Crippen MR) is 213 cm³/mol. The Kier molecular flexibility index (Phi) is 16.0. The van der Waals surface area contributed by atoms with Crippen LogP contribution >= 0.6 is 0 Å². The minimum absolute atomic E-state index is 0.124. The lowest BCUT2D eigenvalue weighted by atomic mass is 10.00. The largest absolute Gasteiger partial charge is 0.458 e. The minimum atomic E-state index is -2.43. The summed E-state index contributed by atoms with van der Waals surface area (Å²) in [6, 6.07) is 8.74. The van der Waals surface area contributed by atoms with Gasteiger partial charge in [0.25, 0.3) is 0 Å². The predicted octanol–water partition coefficient (Wildman–Crippen LogP) is 7.55. The molecule has 0 N–H and O–H groups in total. The van der Waals surface area contributed by atoms with E-state index in [1.165, 1.54) is 13.8 Å². The van der Waals surface area contributed by atoms with Crippen LogP contribution in [0.4, 0.5) is 0 Å². The third kappa shape index (κ3) is 12.7. The summed E-state index contributed by atoms with van der Waals surface area (Å²) in [5.74, 6) is 1.27. The fraction of sp³-hybridized carbons (Fsp3) is 0.732. The van der Waals surface area contributed by atoms with Gasteiger partial charge in [-0.25, -0.2) is 4.79 Å². The molecule has 0 radical (unpaired) electrons.